The van der Waals surface area contributed by atoms with E-state index in [0.29, 0.717) is 27.9 Å². The van der Waals surface area contributed by atoms with Gasteiger partial charge in [0.25, 0.3) is 5.78 Å². The number of phenols is 1. The first-order valence-corrected chi connectivity index (χ1v) is 11.4. The summed E-state index contributed by atoms with van der Waals surface area (Å²) in [6.45, 7) is 5.79. The standard InChI is InChI=1S/C24H21ClN2O5S/c1-4-32-18-11-15(7-10-17(18)28)20-19(21(29)14-5-8-16(25)9-6-14)22(30)23(31)27(20)24-26-12(2)13(3)33-24/h5-11,20,28-29H,4H2,1-3H3/t20-/m0/s1. The van der Waals surface area contributed by atoms with E-state index >= 15 is 0 Å². The second-order valence-electron chi connectivity index (χ2n) is 7.47. The molecule has 7 nitrogen and oxygen atoms in total. The Kier molecular flexibility index (Phi) is 6.14. The Balaban J connectivity index is 1.96. The molecular formula is C24H21ClN2O5S. The molecular weight excluding hydrogens is 464 g/mol. The minimum Gasteiger partial charge on any atom is -0.507 e. The number of benzene rings is 2. The van der Waals surface area contributed by atoms with Crippen LogP contribution in [0.4, 0.5) is 5.13 Å². The second kappa shape index (κ2) is 8.88. The summed E-state index contributed by atoms with van der Waals surface area (Å²) >= 11 is 7.25. The van der Waals surface area contributed by atoms with E-state index in [-0.39, 0.29) is 22.8 Å². The molecule has 2 aromatic carbocycles. The van der Waals surface area contributed by atoms with Crippen molar-refractivity contribution in [3.63, 3.8) is 0 Å². The van der Waals surface area contributed by atoms with E-state index in [9.17, 15) is 19.8 Å². The van der Waals surface area contributed by atoms with E-state index in [4.69, 9.17) is 16.3 Å². The summed E-state index contributed by atoms with van der Waals surface area (Å²) in [5, 5.41) is 22.1. The number of hydrogen-bond acceptors (Lipinski definition) is 7. The zero-order valence-electron chi connectivity index (χ0n) is 18.1. The van der Waals surface area contributed by atoms with Gasteiger partial charge >= 0.3 is 5.91 Å². The molecule has 0 radical (unpaired) electrons. The summed E-state index contributed by atoms with van der Waals surface area (Å²) in [6, 6.07) is 9.93. The highest BCUT2D eigenvalue weighted by atomic mass is 35.5. The summed E-state index contributed by atoms with van der Waals surface area (Å²) in [4.78, 5) is 33.0. The third-order valence-electron chi connectivity index (χ3n) is 5.38. The third-order valence-corrected chi connectivity index (χ3v) is 6.71. The molecule has 33 heavy (non-hydrogen) atoms. The number of aromatic nitrogens is 1. The number of carbonyl (C=O) groups is 2. The summed E-state index contributed by atoms with van der Waals surface area (Å²) in [6.07, 6.45) is 0. The number of aliphatic hydroxyl groups is 1. The average Bonchev–Trinajstić information content (AvgIpc) is 3.25. The molecule has 0 saturated carbocycles. The van der Waals surface area contributed by atoms with Crippen molar-refractivity contribution in [2.45, 2.75) is 26.8 Å². The Morgan fingerprint density at radius 1 is 1.18 bits per heavy atom. The molecule has 0 aliphatic carbocycles. The largest absolute Gasteiger partial charge is 0.507 e. The molecule has 0 bridgehead atoms. The van der Waals surface area contributed by atoms with Crippen LogP contribution in [0.3, 0.4) is 0 Å². The topological polar surface area (TPSA) is 100.0 Å². The number of anilines is 1. The van der Waals surface area contributed by atoms with Gasteiger partial charge in [0.2, 0.25) is 0 Å². The predicted octanol–water partition coefficient (Wildman–Crippen LogP) is 5.14. The number of thiazole rings is 1. The van der Waals surface area contributed by atoms with Gasteiger partial charge in [-0.3, -0.25) is 14.5 Å². The zero-order valence-corrected chi connectivity index (χ0v) is 19.7. The number of hydrogen-bond donors (Lipinski definition) is 2. The molecule has 1 aliphatic rings. The number of aliphatic hydroxyl groups excluding tert-OH is 1. The van der Waals surface area contributed by atoms with Crippen molar-refractivity contribution >= 4 is 45.5 Å². The Bertz CT molecular complexity index is 1260. The number of halogens is 1. The van der Waals surface area contributed by atoms with Crippen LogP contribution >= 0.6 is 22.9 Å². The van der Waals surface area contributed by atoms with Crippen molar-refractivity contribution in [3.05, 3.63) is 74.8 Å². The lowest BCUT2D eigenvalue weighted by Gasteiger charge is -2.23. The zero-order chi connectivity index (χ0) is 23.9. The highest BCUT2D eigenvalue weighted by molar-refractivity contribution is 7.16. The lowest BCUT2D eigenvalue weighted by Crippen LogP contribution is -2.29. The first-order chi connectivity index (χ1) is 15.7. The molecule has 1 saturated heterocycles. The minimum atomic E-state index is -0.967. The number of phenolic OH excluding ortho intramolecular Hbond substituents is 1. The number of carbonyl (C=O) groups excluding carboxylic acids is 2. The number of ether oxygens (including phenoxy) is 1. The van der Waals surface area contributed by atoms with Crippen LogP contribution in [0.25, 0.3) is 5.76 Å². The van der Waals surface area contributed by atoms with Crippen LogP contribution in [0.2, 0.25) is 5.02 Å². The SMILES string of the molecule is CCOc1cc([C@H]2C(=C(O)c3ccc(Cl)cc3)C(=O)C(=O)N2c2nc(C)c(C)s2)ccc1O. The number of Topliss-reactive ketones (excluding diaryl/α,β-unsaturated/α-hetero) is 1. The van der Waals surface area contributed by atoms with E-state index in [1.54, 1.807) is 43.3 Å². The first-order valence-electron chi connectivity index (χ1n) is 10.2. The predicted molar refractivity (Wildman–Crippen MR) is 127 cm³/mol. The van der Waals surface area contributed by atoms with Gasteiger partial charge in [-0.25, -0.2) is 4.98 Å². The second-order valence-corrected chi connectivity index (χ2v) is 9.09. The molecule has 4 rings (SSSR count). The number of ketones is 1. The Labute approximate surface area is 199 Å². The van der Waals surface area contributed by atoms with Crippen molar-refractivity contribution < 1.29 is 24.5 Å². The fraction of sp³-hybridized carbons (Fsp3) is 0.208. The molecule has 1 aliphatic heterocycles. The molecule has 9 heteroatoms. The van der Waals surface area contributed by atoms with Gasteiger partial charge in [-0.1, -0.05) is 17.7 Å². The van der Waals surface area contributed by atoms with Gasteiger partial charge < -0.3 is 14.9 Å². The molecule has 1 fully saturated rings. The van der Waals surface area contributed by atoms with Crippen LogP contribution < -0.4 is 9.64 Å². The van der Waals surface area contributed by atoms with Crippen LogP contribution in [0.5, 0.6) is 11.5 Å². The quantitative estimate of drug-likeness (QED) is 0.295. The molecule has 2 N–H and O–H groups in total. The molecule has 1 amide bonds. The average molecular weight is 485 g/mol. The Hall–Kier alpha value is -3.36. The third kappa shape index (κ3) is 4.07. The monoisotopic (exact) mass is 484 g/mol. The maximum atomic E-state index is 13.2. The van der Waals surface area contributed by atoms with E-state index in [0.717, 1.165) is 10.6 Å². The van der Waals surface area contributed by atoms with Gasteiger partial charge in [-0.2, -0.15) is 0 Å². The summed E-state index contributed by atoms with van der Waals surface area (Å²) < 4.78 is 5.50. The molecule has 3 aromatic rings. The van der Waals surface area contributed by atoms with Gasteiger partial charge in [0.1, 0.15) is 5.76 Å². The first kappa shape index (κ1) is 22.8. The van der Waals surface area contributed by atoms with Gasteiger partial charge in [0.15, 0.2) is 16.6 Å². The van der Waals surface area contributed by atoms with Crippen molar-refractivity contribution in [2.75, 3.05) is 11.5 Å². The van der Waals surface area contributed by atoms with E-state index in [1.165, 1.54) is 22.3 Å². The fourth-order valence-electron chi connectivity index (χ4n) is 3.64. The minimum absolute atomic E-state index is 0.0730. The Morgan fingerprint density at radius 3 is 2.48 bits per heavy atom. The molecule has 2 heterocycles. The summed E-state index contributed by atoms with van der Waals surface area (Å²) in [7, 11) is 0. The maximum absolute atomic E-state index is 13.2. The van der Waals surface area contributed by atoms with Gasteiger partial charge in [0.05, 0.1) is 23.9 Å². The van der Waals surface area contributed by atoms with Crippen LogP contribution in [-0.4, -0.2) is 33.5 Å². The van der Waals surface area contributed by atoms with Crippen molar-refractivity contribution in [3.8, 4) is 11.5 Å². The van der Waals surface area contributed by atoms with Crippen molar-refractivity contribution in [1.82, 2.24) is 4.98 Å². The van der Waals surface area contributed by atoms with Crippen LogP contribution in [0, 0.1) is 13.8 Å². The summed E-state index contributed by atoms with van der Waals surface area (Å²) in [5.41, 5.74) is 1.49. The van der Waals surface area contributed by atoms with Crippen molar-refractivity contribution in [1.29, 1.82) is 0 Å². The summed E-state index contributed by atoms with van der Waals surface area (Å²) in [5.74, 6) is -1.82. The van der Waals surface area contributed by atoms with E-state index in [1.807, 2.05) is 13.8 Å². The van der Waals surface area contributed by atoms with E-state index < -0.39 is 17.7 Å². The number of aryl methyl sites for hydroxylation is 2. The number of amides is 1. The number of nitrogens with zero attached hydrogens (tertiary/aromatic N) is 2. The highest BCUT2D eigenvalue weighted by Crippen LogP contribution is 2.45. The normalized spacial score (nSPS) is 17.6. The van der Waals surface area contributed by atoms with E-state index in [2.05, 4.69) is 4.98 Å². The van der Waals surface area contributed by atoms with Crippen LogP contribution in [0.15, 0.2) is 48.0 Å². The smallest absolute Gasteiger partial charge is 0.301 e. The molecule has 1 atom stereocenters. The van der Waals surface area contributed by atoms with Crippen molar-refractivity contribution in [2.24, 2.45) is 0 Å². The molecule has 1 aromatic heterocycles. The highest BCUT2D eigenvalue weighted by Gasteiger charge is 2.48. The lowest BCUT2D eigenvalue weighted by molar-refractivity contribution is -0.132. The number of rotatable bonds is 5. The fourth-order valence-corrected chi connectivity index (χ4v) is 4.70. The van der Waals surface area contributed by atoms with Crippen LogP contribution in [0.1, 0.15) is 34.7 Å². The number of aromatic hydroxyl groups is 1. The molecule has 0 spiro atoms. The van der Waals surface area contributed by atoms with Gasteiger partial charge in [-0.05, 0) is 62.7 Å². The molecule has 170 valence electrons. The van der Waals surface area contributed by atoms with Gasteiger partial charge in [-0.15, -0.1) is 11.3 Å². The molecule has 0 unspecified atom stereocenters. The van der Waals surface area contributed by atoms with Gasteiger partial charge in [0, 0.05) is 15.5 Å². The van der Waals surface area contributed by atoms with Crippen LogP contribution in [-0.2, 0) is 9.59 Å². The lowest BCUT2D eigenvalue weighted by atomic mass is 9.95. The maximum Gasteiger partial charge on any atom is 0.301 e. The Morgan fingerprint density at radius 2 is 1.88 bits per heavy atom.